The summed E-state index contributed by atoms with van der Waals surface area (Å²) in [5.41, 5.74) is 2.58. The fourth-order valence-corrected chi connectivity index (χ4v) is 6.27. The SMILES string of the molecule is CCOC(=O)C1=C(C)N=c2s/c(=C/c3ccc(OCc4ccccc4)c(OCC)c3)c(=O)n2[C@H]1c1cccs1. The highest BCUT2D eigenvalue weighted by Gasteiger charge is 2.33. The molecule has 0 amide bonds. The zero-order chi connectivity index (χ0) is 27.4. The molecule has 4 aromatic rings. The van der Waals surface area contributed by atoms with E-state index in [0.717, 1.165) is 16.0 Å². The molecule has 0 aliphatic carbocycles. The number of esters is 1. The molecule has 0 bridgehead atoms. The first kappa shape index (κ1) is 26.6. The van der Waals surface area contributed by atoms with Crippen LogP contribution >= 0.6 is 22.7 Å². The van der Waals surface area contributed by atoms with E-state index in [9.17, 15) is 9.59 Å². The third-order valence-corrected chi connectivity index (χ3v) is 8.04. The van der Waals surface area contributed by atoms with Crippen molar-refractivity contribution in [3.63, 3.8) is 0 Å². The summed E-state index contributed by atoms with van der Waals surface area (Å²) in [5, 5.41) is 1.93. The number of hydrogen-bond donors (Lipinski definition) is 0. The van der Waals surface area contributed by atoms with Crippen LogP contribution in [0.1, 0.15) is 42.8 Å². The molecule has 0 spiro atoms. The van der Waals surface area contributed by atoms with Crippen LogP contribution in [0.3, 0.4) is 0 Å². The summed E-state index contributed by atoms with van der Waals surface area (Å²) in [4.78, 5) is 32.7. The molecule has 0 saturated heterocycles. The molecule has 1 aliphatic heterocycles. The topological polar surface area (TPSA) is 79.1 Å². The lowest BCUT2D eigenvalue weighted by Gasteiger charge is -2.23. The highest BCUT2D eigenvalue weighted by atomic mass is 32.1. The standard InChI is InChI=1S/C30H28N2O5S2/c1-4-35-23-16-21(13-14-22(23)37-18-20-10-7-6-8-11-20)17-25-28(33)32-27(24-12-9-15-38-24)26(29(34)36-5-2)19(3)31-30(32)39-25/h6-17,27H,4-5,18H2,1-3H3/b25-17+/t27-/m0/s1. The van der Waals surface area contributed by atoms with Crippen LogP contribution in [0.2, 0.25) is 0 Å². The molecule has 0 unspecified atom stereocenters. The fraction of sp³-hybridized carbons (Fsp3) is 0.233. The molecule has 0 saturated carbocycles. The predicted molar refractivity (Wildman–Crippen MR) is 153 cm³/mol. The lowest BCUT2D eigenvalue weighted by molar-refractivity contribution is -0.139. The maximum Gasteiger partial charge on any atom is 0.338 e. The van der Waals surface area contributed by atoms with Crippen LogP contribution < -0.4 is 24.4 Å². The van der Waals surface area contributed by atoms with Gasteiger partial charge in [0.2, 0.25) is 0 Å². The van der Waals surface area contributed by atoms with Crippen molar-refractivity contribution in [3.8, 4) is 11.5 Å². The number of carbonyl (C=O) groups is 1. The molecule has 5 rings (SSSR count). The van der Waals surface area contributed by atoms with Gasteiger partial charge >= 0.3 is 5.97 Å². The molecule has 1 atom stereocenters. The summed E-state index contributed by atoms with van der Waals surface area (Å²) in [5.74, 6) is 0.775. The molecule has 0 N–H and O–H groups in total. The minimum absolute atomic E-state index is 0.214. The number of ether oxygens (including phenoxy) is 3. The van der Waals surface area contributed by atoms with Gasteiger partial charge in [0.25, 0.3) is 5.56 Å². The number of hydrogen-bond acceptors (Lipinski definition) is 8. The summed E-state index contributed by atoms with van der Waals surface area (Å²) >= 11 is 2.78. The van der Waals surface area contributed by atoms with E-state index in [2.05, 4.69) is 4.99 Å². The van der Waals surface area contributed by atoms with E-state index >= 15 is 0 Å². The molecule has 0 fully saturated rings. The van der Waals surface area contributed by atoms with Crippen LogP contribution in [0.15, 0.2) is 87.1 Å². The van der Waals surface area contributed by atoms with Gasteiger partial charge < -0.3 is 14.2 Å². The van der Waals surface area contributed by atoms with E-state index in [4.69, 9.17) is 14.2 Å². The second-order valence-electron chi connectivity index (χ2n) is 8.73. The van der Waals surface area contributed by atoms with E-state index in [0.29, 0.717) is 45.3 Å². The Morgan fingerprint density at radius 1 is 1.03 bits per heavy atom. The molecule has 3 heterocycles. The van der Waals surface area contributed by atoms with Gasteiger partial charge in [0.05, 0.1) is 29.0 Å². The molecule has 0 radical (unpaired) electrons. The highest BCUT2D eigenvalue weighted by Crippen LogP contribution is 2.33. The zero-order valence-electron chi connectivity index (χ0n) is 21.9. The normalized spacial score (nSPS) is 15.1. The minimum atomic E-state index is -0.588. The van der Waals surface area contributed by atoms with Gasteiger partial charge in [-0.15, -0.1) is 11.3 Å². The largest absolute Gasteiger partial charge is 0.490 e. The lowest BCUT2D eigenvalue weighted by atomic mass is 10.0. The Morgan fingerprint density at radius 3 is 2.56 bits per heavy atom. The average molecular weight is 561 g/mol. The van der Waals surface area contributed by atoms with Crippen LogP contribution in [0, 0.1) is 0 Å². The highest BCUT2D eigenvalue weighted by molar-refractivity contribution is 7.10. The van der Waals surface area contributed by atoms with Crippen LogP contribution in [0.5, 0.6) is 11.5 Å². The van der Waals surface area contributed by atoms with Crippen molar-refractivity contribution >= 4 is 34.7 Å². The van der Waals surface area contributed by atoms with E-state index < -0.39 is 12.0 Å². The first-order valence-corrected chi connectivity index (χ1v) is 14.4. The average Bonchev–Trinajstić information content (AvgIpc) is 3.57. The Bertz CT molecular complexity index is 1690. The van der Waals surface area contributed by atoms with Gasteiger partial charge in [0.1, 0.15) is 12.6 Å². The maximum absolute atomic E-state index is 13.7. The van der Waals surface area contributed by atoms with Crippen molar-refractivity contribution in [1.29, 1.82) is 0 Å². The van der Waals surface area contributed by atoms with Gasteiger partial charge in [-0.1, -0.05) is 53.8 Å². The maximum atomic E-state index is 13.7. The predicted octanol–water partition coefficient (Wildman–Crippen LogP) is 4.84. The van der Waals surface area contributed by atoms with E-state index in [-0.39, 0.29) is 12.2 Å². The Morgan fingerprint density at radius 2 is 1.85 bits per heavy atom. The second-order valence-corrected chi connectivity index (χ2v) is 10.7. The van der Waals surface area contributed by atoms with Gasteiger partial charge in [0, 0.05) is 4.88 Å². The van der Waals surface area contributed by atoms with Crippen LogP contribution in [0.25, 0.3) is 6.08 Å². The Labute approximate surface area is 234 Å². The van der Waals surface area contributed by atoms with Gasteiger partial charge in [0.15, 0.2) is 16.3 Å². The number of thiophene rings is 1. The Hall–Kier alpha value is -3.95. The summed E-state index contributed by atoms with van der Waals surface area (Å²) in [6.07, 6.45) is 1.82. The number of thiazole rings is 1. The zero-order valence-corrected chi connectivity index (χ0v) is 23.5. The number of allylic oxidation sites excluding steroid dienone is 1. The van der Waals surface area contributed by atoms with Crippen molar-refractivity contribution in [2.24, 2.45) is 4.99 Å². The molecular formula is C30H28N2O5S2. The van der Waals surface area contributed by atoms with E-state index in [1.54, 1.807) is 18.4 Å². The Balaban J connectivity index is 1.54. The van der Waals surface area contributed by atoms with Crippen molar-refractivity contribution in [2.45, 2.75) is 33.4 Å². The van der Waals surface area contributed by atoms with Gasteiger partial charge in [-0.05, 0) is 61.6 Å². The van der Waals surface area contributed by atoms with Gasteiger partial charge in [-0.3, -0.25) is 9.36 Å². The summed E-state index contributed by atoms with van der Waals surface area (Å²) in [6.45, 7) is 6.60. The summed E-state index contributed by atoms with van der Waals surface area (Å²) in [7, 11) is 0. The quantitative estimate of drug-likeness (QED) is 0.274. The number of nitrogens with zero attached hydrogens (tertiary/aromatic N) is 2. The molecule has 200 valence electrons. The molecular weight excluding hydrogens is 532 g/mol. The monoisotopic (exact) mass is 560 g/mol. The second kappa shape index (κ2) is 11.8. The van der Waals surface area contributed by atoms with E-state index in [1.165, 1.54) is 22.7 Å². The lowest BCUT2D eigenvalue weighted by Crippen LogP contribution is -2.39. The molecule has 39 heavy (non-hydrogen) atoms. The van der Waals surface area contributed by atoms with Crippen molar-refractivity contribution < 1.29 is 19.0 Å². The summed E-state index contributed by atoms with van der Waals surface area (Å²) in [6, 6.07) is 18.8. The van der Waals surface area contributed by atoms with Crippen molar-refractivity contribution in [3.05, 3.63) is 113 Å². The molecule has 2 aromatic carbocycles. The third-order valence-electron chi connectivity index (χ3n) is 6.13. The molecule has 9 heteroatoms. The van der Waals surface area contributed by atoms with Gasteiger partial charge in [-0.25, -0.2) is 9.79 Å². The number of carbonyl (C=O) groups excluding carboxylic acids is 1. The number of aromatic nitrogens is 1. The molecule has 7 nitrogen and oxygen atoms in total. The summed E-state index contributed by atoms with van der Waals surface area (Å²) < 4.78 is 19.3. The van der Waals surface area contributed by atoms with Crippen LogP contribution in [-0.2, 0) is 16.1 Å². The number of fused-ring (bicyclic) bond motifs is 1. The molecule has 1 aliphatic rings. The van der Waals surface area contributed by atoms with Crippen LogP contribution in [-0.4, -0.2) is 23.8 Å². The first-order chi connectivity index (χ1) is 19.0. The third kappa shape index (κ3) is 5.60. The first-order valence-electron chi connectivity index (χ1n) is 12.7. The smallest absolute Gasteiger partial charge is 0.338 e. The minimum Gasteiger partial charge on any atom is -0.490 e. The fourth-order valence-electron chi connectivity index (χ4n) is 4.40. The van der Waals surface area contributed by atoms with Gasteiger partial charge in [-0.2, -0.15) is 0 Å². The van der Waals surface area contributed by atoms with E-state index in [1.807, 2.05) is 79.0 Å². The number of rotatable bonds is 9. The van der Waals surface area contributed by atoms with Crippen LogP contribution in [0.4, 0.5) is 0 Å². The molecule has 2 aromatic heterocycles. The number of benzene rings is 2. The van der Waals surface area contributed by atoms with Crippen molar-refractivity contribution in [2.75, 3.05) is 13.2 Å². The van der Waals surface area contributed by atoms with Crippen molar-refractivity contribution in [1.82, 2.24) is 4.57 Å². The Kier molecular flexibility index (Phi) is 8.09.